The molecule has 0 aromatic heterocycles. The van der Waals surface area contributed by atoms with Gasteiger partial charge in [-0.2, -0.15) is 0 Å². The Labute approximate surface area is 121 Å². The van der Waals surface area contributed by atoms with Crippen LogP contribution >= 0.6 is 23.2 Å². The molecule has 2 aromatic rings. The minimum absolute atomic E-state index is 0.386. The Bertz CT molecular complexity index is 600. The molecule has 0 unspecified atom stereocenters. The summed E-state index contributed by atoms with van der Waals surface area (Å²) in [6.45, 7) is 0.386. The minimum Gasteiger partial charge on any atom is -0.489 e. The molecule has 2 rings (SSSR count). The van der Waals surface area contributed by atoms with Crippen molar-refractivity contribution in [3.8, 4) is 5.75 Å². The Morgan fingerprint density at radius 1 is 1.11 bits per heavy atom. The second-order valence-corrected chi connectivity index (χ2v) is 4.67. The molecule has 0 atom stereocenters. The van der Waals surface area contributed by atoms with Gasteiger partial charge in [0.1, 0.15) is 12.4 Å². The molecule has 0 saturated heterocycles. The van der Waals surface area contributed by atoms with Crippen LogP contribution in [0.3, 0.4) is 0 Å². The molecular formula is C14H11Cl2NO2. The predicted octanol–water partition coefficient (Wildman–Crippen LogP) is 4.38. The Kier molecular flexibility index (Phi) is 4.66. The molecule has 0 aliphatic rings. The first-order valence-electron chi connectivity index (χ1n) is 5.53. The quantitative estimate of drug-likeness (QED) is 0.517. The van der Waals surface area contributed by atoms with Gasteiger partial charge in [-0.1, -0.05) is 46.6 Å². The predicted molar refractivity (Wildman–Crippen MR) is 76.6 cm³/mol. The highest BCUT2D eigenvalue weighted by atomic mass is 35.5. The first-order chi connectivity index (χ1) is 9.19. The van der Waals surface area contributed by atoms with Crippen molar-refractivity contribution < 1.29 is 9.94 Å². The van der Waals surface area contributed by atoms with E-state index in [1.807, 2.05) is 24.3 Å². The second kappa shape index (κ2) is 6.45. The van der Waals surface area contributed by atoms with E-state index in [0.29, 0.717) is 22.4 Å². The zero-order chi connectivity index (χ0) is 13.7. The van der Waals surface area contributed by atoms with Gasteiger partial charge in [-0.25, -0.2) is 0 Å². The monoisotopic (exact) mass is 295 g/mol. The van der Waals surface area contributed by atoms with Gasteiger partial charge in [-0.3, -0.25) is 0 Å². The van der Waals surface area contributed by atoms with Crippen molar-refractivity contribution in [1.29, 1.82) is 0 Å². The van der Waals surface area contributed by atoms with E-state index >= 15 is 0 Å². The molecule has 1 N–H and O–H groups in total. The van der Waals surface area contributed by atoms with Crippen LogP contribution in [0.25, 0.3) is 0 Å². The van der Waals surface area contributed by atoms with E-state index in [-0.39, 0.29) is 0 Å². The van der Waals surface area contributed by atoms with Crippen LogP contribution in [0.5, 0.6) is 5.75 Å². The van der Waals surface area contributed by atoms with E-state index in [4.69, 9.17) is 33.1 Å². The zero-order valence-corrected chi connectivity index (χ0v) is 11.4. The van der Waals surface area contributed by atoms with Crippen molar-refractivity contribution in [3.63, 3.8) is 0 Å². The summed E-state index contributed by atoms with van der Waals surface area (Å²) in [5.74, 6) is 0.684. The average Bonchev–Trinajstić information content (AvgIpc) is 2.41. The van der Waals surface area contributed by atoms with Gasteiger partial charge in [0.05, 0.1) is 16.3 Å². The van der Waals surface area contributed by atoms with E-state index in [9.17, 15) is 0 Å². The third-order valence-electron chi connectivity index (χ3n) is 2.45. The number of ether oxygens (including phenoxy) is 1. The zero-order valence-electron chi connectivity index (χ0n) is 9.88. The molecule has 0 bridgehead atoms. The summed E-state index contributed by atoms with van der Waals surface area (Å²) in [4.78, 5) is 0. The molecule has 19 heavy (non-hydrogen) atoms. The van der Waals surface area contributed by atoms with Gasteiger partial charge in [0.15, 0.2) is 0 Å². The molecule has 0 fully saturated rings. The fraction of sp³-hybridized carbons (Fsp3) is 0.0714. The Morgan fingerprint density at radius 3 is 2.68 bits per heavy atom. The number of nitrogens with zero attached hydrogens (tertiary/aromatic N) is 1. The molecule has 0 heterocycles. The molecule has 0 spiro atoms. The number of hydrogen-bond donors (Lipinski definition) is 1. The van der Waals surface area contributed by atoms with Crippen LogP contribution in [-0.2, 0) is 6.61 Å². The van der Waals surface area contributed by atoms with Gasteiger partial charge in [-0.15, -0.1) is 0 Å². The summed E-state index contributed by atoms with van der Waals surface area (Å²) in [6.07, 6.45) is 1.34. The first-order valence-corrected chi connectivity index (χ1v) is 6.29. The van der Waals surface area contributed by atoms with Gasteiger partial charge in [-0.05, 0) is 35.4 Å². The largest absolute Gasteiger partial charge is 0.489 e. The topological polar surface area (TPSA) is 41.8 Å². The fourth-order valence-corrected chi connectivity index (χ4v) is 1.87. The van der Waals surface area contributed by atoms with Gasteiger partial charge in [0, 0.05) is 0 Å². The molecular weight excluding hydrogens is 285 g/mol. The van der Waals surface area contributed by atoms with Crippen molar-refractivity contribution in [3.05, 3.63) is 63.6 Å². The summed E-state index contributed by atoms with van der Waals surface area (Å²) in [5.41, 5.74) is 1.68. The molecule has 5 heteroatoms. The van der Waals surface area contributed by atoms with Gasteiger partial charge < -0.3 is 9.94 Å². The molecule has 0 aliphatic heterocycles. The Balaban J connectivity index is 2.05. The van der Waals surface area contributed by atoms with Crippen molar-refractivity contribution in [2.45, 2.75) is 6.61 Å². The maximum absolute atomic E-state index is 8.48. The van der Waals surface area contributed by atoms with E-state index in [1.165, 1.54) is 6.21 Å². The highest BCUT2D eigenvalue weighted by Gasteiger charge is 2.01. The molecule has 0 radical (unpaired) electrons. The van der Waals surface area contributed by atoms with Crippen molar-refractivity contribution in [2.75, 3.05) is 0 Å². The van der Waals surface area contributed by atoms with Crippen LogP contribution < -0.4 is 4.74 Å². The second-order valence-electron chi connectivity index (χ2n) is 3.85. The summed E-state index contributed by atoms with van der Waals surface area (Å²) >= 11 is 11.8. The Hall–Kier alpha value is -1.71. The summed E-state index contributed by atoms with van der Waals surface area (Å²) in [6, 6.07) is 12.6. The Morgan fingerprint density at radius 2 is 1.95 bits per heavy atom. The SMILES string of the molecule is O/N=C\c1cccc(OCc2ccc(Cl)c(Cl)c2)c1. The molecule has 0 amide bonds. The van der Waals surface area contributed by atoms with Crippen LogP contribution in [0.1, 0.15) is 11.1 Å². The summed E-state index contributed by atoms with van der Waals surface area (Å²) < 4.78 is 5.63. The minimum atomic E-state index is 0.386. The third kappa shape index (κ3) is 3.88. The maximum atomic E-state index is 8.48. The van der Waals surface area contributed by atoms with Crippen molar-refractivity contribution in [2.24, 2.45) is 5.16 Å². The average molecular weight is 296 g/mol. The van der Waals surface area contributed by atoms with Crippen LogP contribution in [0, 0.1) is 0 Å². The van der Waals surface area contributed by atoms with Crippen LogP contribution in [0.15, 0.2) is 47.6 Å². The molecule has 0 aliphatic carbocycles. The lowest BCUT2D eigenvalue weighted by Crippen LogP contribution is -1.96. The number of rotatable bonds is 4. The molecule has 3 nitrogen and oxygen atoms in total. The maximum Gasteiger partial charge on any atom is 0.120 e. The molecule has 98 valence electrons. The van der Waals surface area contributed by atoms with E-state index < -0.39 is 0 Å². The van der Waals surface area contributed by atoms with Crippen LogP contribution in [-0.4, -0.2) is 11.4 Å². The van der Waals surface area contributed by atoms with Crippen LogP contribution in [0.4, 0.5) is 0 Å². The van der Waals surface area contributed by atoms with Crippen molar-refractivity contribution >= 4 is 29.4 Å². The smallest absolute Gasteiger partial charge is 0.120 e. The summed E-state index contributed by atoms with van der Waals surface area (Å²) in [5, 5.41) is 12.5. The number of oxime groups is 1. The number of hydrogen-bond acceptors (Lipinski definition) is 3. The van der Waals surface area contributed by atoms with Gasteiger partial charge in [0.25, 0.3) is 0 Å². The summed E-state index contributed by atoms with van der Waals surface area (Å²) in [7, 11) is 0. The molecule has 2 aromatic carbocycles. The third-order valence-corrected chi connectivity index (χ3v) is 3.19. The van der Waals surface area contributed by atoms with E-state index in [1.54, 1.807) is 18.2 Å². The lowest BCUT2D eigenvalue weighted by atomic mass is 10.2. The van der Waals surface area contributed by atoms with Crippen molar-refractivity contribution in [1.82, 2.24) is 0 Å². The number of benzene rings is 2. The normalized spacial score (nSPS) is 10.8. The van der Waals surface area contributed by atoms with E-state index in [0.717, 1.165) is 11.1 Å². The van der Waals surface area contributed by atoms with Crippen LogP contribution in [0.2, 0.25) is 10.0 Å². The first kappa shape index (κ1) is 13.7. The lowest BCUT2D eigenvalue weighted by molar-refractivity contribution is 0.306. The number of halogens is 2. The lowest BCUT2D eigenvalue weighted by Gasteiger charge is -2.07. The fourth-order valence-electron chi connectivity index (χ4n) is 1.55. The van der Waals surface area contributed by atoms with E-state index in [2.05, 4.69) is 5.16 Å². The van der Waals surface area contributed by atoms with Gasteiger partial charge in [0.2, 0.25) is 0 Å². The highest BCUT2D eigenvalue weighted by Crippen LogP contribution is 2.23. The van der Waals surface area contributed by atoms with Gasteiger partial charge >= 0.3 is 0 Å². The highest BCUT2D eigenvalue weighted by molar-refractivity contribution is 6.42. The molecule has 0 saturated carbocycles. The standard InChI is InChI=1S/C14H11Cl2NO2/c15-13-5-4-11(7-14(13)16)9-19-12-3-1-2-10(6-12)8-17-18/h1-8,18H,9H2/b17-8-.